The van der Waals surface area contributed by atoms with E-state index >= 15 is 0 Å². The van der Waals surface area contributed by atoms with Crippen LogP contribution in [0.15, 0.2) is 107 Å². The number of hydrogen-bond donors (Lipinski definition) is 2. The summed E-state index contributed by atoms with van der Waals surface area (Å²) in [5, 5.41) is 28.3. The van der Waals surface area contributed by atoms with Gasteiger partial charge in [0.1, 0.15) is 5.75 Å². The maximum Gasteiger partial charge on any atom is 0.441 e. The molecular formula is C52H60ClN7O5S2. The zero-order valence-corrected chi connectivity index (χ0v) is 40.9. The first-order valence-corrected chi connectivity index (χ1v) is 26.2. The van der Waals surface area contributed by atoms with Gasteiger partial charge in [-0.15, -0.1) is 15.8 Å². The summed E-state index contributed by atoms with van der Waals surface area (Å²) in [5.41, 5.74) is 11.3. The van der Waals surface area contributed by atoms with Crippen LogP contribution in [0.25, 0.3) is 11.3 Å². The van der Waals surface area contributed by atoms with Crippen molar-refractivity contribution >= 4 is 44.9 Å². The van der Waals surface area contributed by atoms with Crippen LogP contribution in [0.4, 0.5) is 10.6 Å². The average molecular weight is 963 g/mol. The smallest absolute Gasteiger partial charge is 0.441 e. The Hall–Kier alpha value is -5.72. The zero-order valence-electron chi connectivity index (χ0n) is 38.5. The molecule has 1 aliphatic rings. The van der Waals surface area contributed by atoms with Crippen LogP contribution in [-0.4, -0.2) is 63.4 Å². The van der Waals surface area contributed by atoms with Crippen LogP contribution in [0.2, 0.25) is 5.02 Å². The minimum absolute atomic E-state index is 0.0865. The predicted octanol–water partition coefficient (Wildman–Crippen LogP) is 12.3. The fraction of sp³-hybridized carbons (Fsp3) is 0.385. The Labute approximate surface area is 404 Å². The predicted molar refractivity (Wildman–Crippen MR) is 266 cm³/mol. The van der Waals surface area contributed by atoms with E-state index in [2.05, 4.69) is 88.4 Å². The first kappa shape index (κ1) is 49.2. The minimum atomic E-state index is -4.77. The molecule has 1 amide bonds. The molecule has 1 saturated heterocycles. The van der Waals surface area contributed by atoms with Crippen molar-refractivity contribution < 1.29 is 23.1 Å². The molecule has 3 heterocycles. The Balaban J connectivity index is 1.15. The lowest BCUT2D eigenvalue weighted by molar-refractivity contribution is 0.0691. The van der Waals surface area contributed by atoms with Crippen LogP contribution >= 0.6 is 22.9 Å². The van der Waals surface area contributed by atoms with Crippen LogP contribution in [0.1, 0.15) is 123 Å². The van der Waals surface area contributed by atoms with Crippen molar-refractivity contribution in [2.45, 2.75) is 115 Å². The summed E-state index contributed by atoms with van der Waals surface area (Å²) < 4.78 is 38.8. The Morgan fingerprint density at radius 2 is 1.51 bits per heavy atom. The number of hydrazine groups is 1. The summed E-state index contributed by atoms with van der Waals surface area (Å²) >= 11 is 7.85. The van der Waals surface area contributed by atoms with Gasteiger partial charge in [0.15, 0.2) is 5.82 Å². The number of thiazole rings is 1. The average Bonchev–Trinajstić information content (AvgIpc) is 4.03. The molecule has 2 N–H and O–H groups in total. The number of nitrogens with one attached hydrogen (secondary N) is 1. The van der Waals surface area contributed by atoms with Gasteiger partial charge >= 0.3 is 6.09 Å². The zero-order chi connectivity index (χ0) is 47.3. The molecule has 1 aliphatic heterocycles. The van der Waals surface area contributed by atoms with Gasteiger partial charge in [0.25, 0.3) is 10.0 Å². The molecule has 7 rings (SSSR count). The molecule has 67 heavy (non-hydrogen) atoms. The molecule has 1 fully saturated rings. The molecule has 0 radical (unpaired) electrons. The quantitative estimate of drug-likeness (QED) is 0.0443. The number of ether oxygens (including phenoxy) is 1. The number of halogens is 1. The number of anilines is 1. The highest BCUT2D eigenvalue weighted by atomic mass is 35.5. The number of benzene rings is 4. The molecule has 0 saturated carbocycles. The number of carbonyl (C=O) groups is 1. The molecule has 0 spiro atoms. The summed E-state index contributed by atoms with van der Waals surface area (Å²) in [6.07, 6.45) is 7.89. The van der Waals surface area contributed by atoms with Crippen molar-refractivity contribution in [2.75, 3.05) is 25.1 Å². The normalized spacial score (nSPS) is 13.1. The molecule has 0 atom stereocenters. The molecule has 15 heteroatoms. The number of sulfonamides is 1. The van der Waals surface area contributed by atoms with Gasteiger partial charge in [-0.25, -0.2) is 9.78 Å². The van der Waals surface area contributed by atoms with E-state index in [1.54, 1.807) is 11.4 Å². The number of nitrogens with zero attached hydrogens (tertiary/aromatic N) is 6. The summed E-state index contributed by atoms with van der Waals surface area (Å²) in [5.74, 6) is 0.735. The second-order valence-electron chi connectivity index (χ2n) is 17.0. The third kappa shape index (κ3) is 11.4. The summed E-state index contributed by atoms with van der Waals surface area (Å²) in [7, 11) is -4.77. The molecule has 12 nitrogen and oxygen atoms in total. The SMILES string of the molecule is CCCCc1c(C#N)c(CCCCOc2ccc(Cl)cc2-c2ccnn2C2CN(C(c3ccccc3)c3ccccc3)C2)c(S(=O)(=O)N(Nc2cscn2)C(=O)O)c(CCCC)c1CCCC. The minimum Gasteiger partial charge on any atom is -0.493 e. The fourth-order valence-corrected chi connectivity index (χ4v) is 11.5. The molecule has 0 aliphatic carbocycles. The Kier molecular flexibility index (Phi) is 17.1. The van der Waals surface area contributed by atoms with E-state index in [1.165, 1.54) is 28.0 Å². The second-order valence-corrected chi connectivity index (χ2v) is 19.9. The number of carboxylic acid groups (broad SMARTS) is 1. The summed E-state index contributed by atoms with van der Waals surface area (Å²) in [6, 6.07) is 31.4. The number of aromatic nitrogens is 3. The van der Waals surface area contributed by atoms with E-state index in [0.717, 1.165) is 67.6 Å². The first-order chi connectivity index (χ1) is 32.6. The van der Waals surface area contributed by atoms with Crippen LogP contribution < -0.4 is 10.2 Å². The van der Waals surface area contributed by atoms with E-state index in [9.17, 15) is 23.6 Å². The van der Waals surface area contributed by atoms with Crippen LogP contribution in [0.3, 0.4) is 0 Å². The molecule has 4 aromatic carbocycles. The van der Waals surface area contributed by atoms with Crippen LogP contribution in [-0.2, 0) is 35.7 Å². The molecule has 6 aromatic rings. The van der Waals surface area contributed by atoms with Gasteiger partial charge in [-0.3, -0.25) is 15.0 Å². The number of nitriles is 1. The molecular weight excluding hydrogens is 902 g/mol. The summed E-state index contributed by atoms with van der Waals surface area (Å²) in [4.78, 5) is 19.4. The van der Waals surface area contributed by atoms with Gasteiger partial charge in [0.05, 0.1) is 46.4 Å². The van der Waals surface area contributed by atoms with Crippen molar-refractivity contribution in [1.29, 1.82) is 5.26 Å². The largest absolute Gasteiger partial charge is 0.493 e. The highest BCUT2D eigenvalue weighted by Crippen LogP contribution is 2.41. The second kappa shape index (κ2) is 23.3. The standard InChI is InChI=1S/C52H60ClN7O5S2/c1-4-7-22-41-42(23-8-5-2)46(32-54)44(51(43(41)24-9-6-3)67(63,64)60(52(61)62)57-49-35-66-36-55-49)25-16-17-30-65-48-27-26-39(53)31-45(48)47-28-29-56-59(47)40-33-58(34-40)50(37-18-12-10-13-19-37)38-20-14-11-15-21-38/h10-15,18-21,26-29,31,35-36,40,50,57H,4-9,16-17,22-25,30,33-34H2,1-3H3,(H,61,62). The number of hydrogen-bond acceptors (Lipinski definition) is 10. The van der Waals surface area contributed by atoms with E-state index in [1.807, 2.05) is 43.5 Å². The lowest BCUT2D eigenvalue weighted by Crippen LogP contribution is -2.50. The van der Waals surface area contributed by atoms with Gasteiger partial charge < -0.3 is 9.84 Å². The third-order valence-electron chi connectivity index (χ3n) is 12.5. The van der Waals surface area contributed by atoms with Crippen molar-refractivity contribution in [3.63, 3.8) is 0 Å². The molecule has 352 valence electrons. The van der Waals surface area contributed by atoms with Crippen LogP contribution in [0, 0.1) is 11.3 Å². The maximum absolute atomic E-state index is 15.0. The highest BCUT2D eigenvalue weighted by Gasteiger charge is 2.39. The Bertz CT molecular complexity index is 2680. The van der Waals surface area contributed by atoms with E-state index < -0.39 is 16.1 Å². The van der Waals surface area contributed by atoms with Crippen LogP contribution in [0.5, 0.6) is 5.75 Å². The lowest BCUT2D eigenvalue weighted by Gasteiger charge is -2.45. The molecule has 2 aromatic heterocycles. The van der Waals surface area contributed by atoms with Gasteiger partial charge in [-0.2, -0.15) is 18.8 Å². The lowest BCUT2D eigenvalue weighted by atomic mass is 9.84. The van der Waals surface area contributed by atoms with E-state index in [-0.39, 0.29) is 33.6 Å². The number of rotatable bonds is 24. The first-order valence-electron chi connectivity index (χ1n) is 23.4. The van der Waals surface area contributed by atoms with Gasteiger partial charge in [-0.1, -0.05) is 112 Å². The highest BCUT2D eigenvalue weighted by molar-refractivity contribution is 7.89. The summed E-state index contributed by atoms with van der Waals surface area (Å²) in [6.45, 7) is 8.12. The third-order valence-corrected chi connectivity index (χ3v) is 15.0. The maximum atomic E-state index is 15.0. The van der Waals surface area contributed by atoms with E-state index in [4.69, 9.17) is 21.4 Å². The monoisotopic (exact) mass is 961 g/mol. The van der Waals surface area contributed by atoms with Crippen molar-refractivity contribution in [1.82, 2.24) is 24.1 Å². The molecule has 0 unspecified atom stereocenters. The van der Waals surface area contributed by atoms with Crippen molar-refractivity contribution in [3.8, 4) is 23.1 Å². The molecule has 0 bridgehead atoms. The van der Waals surface area contributed by atoms with Crippen molar-refractivity contribution in [2.24, 2.45) is 0 Å². The number of unbranched alkanes of at least 4 members (excludes halogenated alkanes) is 4. The van der Waals surface area contributed by atoms with Gasteiger partial charge in [0.2, 0.25) is 0 Å². The fourth-order valence-electron chi connectivity index (χ4n) is 9.18. The van der Waals surface area contributed by atoms with E-state index in [0.29, 0.717) is 72.6 Å². The van der Waals surface area contributed by atoms with Gasteiger partial charge in [-0.05, 0) is 115 Å². The Morgan fingerprint density at radius 1 is 0.881 bits per heavy atom. The van der Waals surface area contributed by atoms with Crippen molar-refractivity contribution in [3.05, 3.63) is 146 Å². The number of amides is 1. The number of likely N-dealkylation sites (tertiary alicyclic amines) is 1. The Morgan fingerprint density at radius 3 is 2.10 bits per heavy atom. The van der Waals surface area contributed by atoms with Gasteiger partial charge in [0, 0.05) is 35.3 Å². The topological polar surface area (TPSA) is 154 Å².